The Morgan fingerprint density at radius 1 is 1.44 bits per heavy atom. The number of primary amides is 1. The van der Waals surface area contributed by atoms with E-state index in [4.69, 9.17) is 10.5 Å². The Morgan fingerprint density at radius 3 is 2.50 bits per heavy atom. The Bertz CT molecular complexity index is 340. The van der Waals surface area contributed by atoms with Crippen LogP contribution in [0.25, 0.3) is 0 Å². The van der Waals surface area contributed by atoms with Crippen LogP contribution in [0.5, 0.6) is 0 Å². The van der Waals surface area contributed by atoms with Crippen molar-refractivity contribution < 1.29 is 9.53 Å². The number of nitrogens with one attached hydrogen (secondary N) is 1. The van der Waals surface area contributed by atoms with Gasteiger partial charge in [0, 0.05) is 20.1 Å². The maximum atomic E-state index is 11.7. The third-order valence-electron chi connectivity index (χ3n) is 2.80. The van der Waals surface area contributed by atoms with Crippen LogP contribution in [0.3, 0.4) is 0 Å². The number of amides is 1. The lowest BCUT2D eigenvalue weighted by Gasteiger charge is -2.30. The first kappa shape index (κ1) is 12.7. The molecule has 0 aliphatic heterocycles. The molecule has 0 spiro atoms. The van der Waals surface area contributed by atoms with Gasteiger partial charge in [0.05, 0.1) is 0 Å². The Balaban J connectivity index is 3.07. The fraction of sp³-hybridized carbons (Fsp3) is 0.417. The highest BCUT2D eigenvalue weighted by molar-refractivity contribution is 5.86. The number of nitrogens with two attached hydrogens (primary N) is 1. The molecule has 88 valence electrons. The Kier molecular flexibility index (Phi) is 4.46. The van der Waals surface area contributed by atoms with E-state index in [1.165, 1.54) is 0 Å². The van der Waals surface area contributed by atoms with E-state index in [2.05, 4.69) is 5.32 Å². The van der Waals surface area contributed by atoms with Gasteiger partial charge in [-0.3, -0.25) is 4.79 Å². The summed E-state index contributed by atoms with van der Waals surface area (Å²) in [5, 5.41) is 3.01. The molecule has 3 N–H and O–H groups in total. The molecule has 0 saturated heterocycles. The molecule has 0 saturated carbocycles. The summed E-state index contributed by atoms with van der Waals surface area (Å²) in [6.07, 6.45) is 0.513. The minimum absolute atomic E-state index is 0.391. The summed E-state index contributed by atoms with van der Waals surface area (Å²) in [4.78, 5) is 11.7. The predicted octanol–water partition coefficient (Wildman–Crippen LogP) is 0.623. The van der Waals surface area contributed by atoms with Gasteiger partial charge in [0.2, 0.25) is 5.91 Å². The second-order valence-corrected chi connectivity index (χ2v) is 3.63. The molecule has 1 amide bonds. The zero-order valence-electron chi connectivity index (χ0n) is 9.69. The molecule has 0 aliphatic rings. The number of hydrogen-bond donors (Lipinski definition) is 2. The molecule has 16 heavy (non-hydrogen) atoms. The molecule has 4 nitrogen and oxygen atoms in total. The van der Waals surface area contributed by atoms with Crippen molar-refractivity contribution in [1.82, 2.24) is 5.32 Å². The highest BCUT2D eigenvalue weighted by Gasteiger charge is 2.36. The topological polar surface area (TPSA) is 64.3 Å². The fourth-order valence-corrected chi connectivity index (χ4v) is 1.78. The summed E-state index contributed by atoms with van der Waals surface area (Å²) in [6.45, 7) is 0.471. The molecule has 0 aliphatic carbocycles. The Morgan fingerprint density at radius 2 is 2.06 bits per heavy atom. The van der Waals surface area contributed by atoms with E-state index < -0.39 is 11.4 Å². The van der Waals surface area contributed by atoms with Gasteiger partial charge in [0.25, 0.3) is 0 Å². The van der Waals surface area contributed by atoms with E-state index >= 15 is 0 Å². The Labute approximate surface area is 95.8 Å². The van der Waals surface area contributed by atoms with Crippen molar-refractivity contribution in [3.05, 3.63) is 35.9 Å². The number of carbonyl (C=O) groups excluding carboxylic acids is 1. The van der Waals surface area contributed by atoms with Crippen molar-refractivity contribution in [2.24, 2.45) is 5.73 Å². The maximum absolute atomic E-state index is 11.7. The largest absolute Gasteiger partial charge is 0.385 e. The Hall–Kier alpha value is -1.39. The van der Waals surface area contributed by atoms with Gasteiger partial charge >= 0.3 is 0 Å². The summed E-state index contributed by atoms with van der Waals surface area (Å²) in [5.74, 6) is -0.391. The molecule has 0 fully saturated rings. The van der Waals surface area contributed by atoms with E-state index in [0.29, 0.717) is 13.0 Å². The van der Waals surface area contributed by atoms with E-state index in [1.54, 1.807) is 14.2 Å². The first-order valence-electron chi connectivity index (χ1n) is 5.20. The number of rotatable bonds is 6. The average Bonchev–Trinajstić information content (AvgIpc) is 2.31. The molecule has 0 aromatic heterocycles. The molecule has 0 heterocycles. The van der Waals surface area contributed by atoms with Gasteiger partial charge in [-0.05, 0) is 12.6 Å². The second-order valence-electron chi connectivity index (χ2n) is 3.63. The SMILES string of the molecule is CNC(CCOC)(C(N)=O)c1ccccc1. The lowest BCUT2D eigenvalue weighted by atomic mass is 9.86. The summed E-state index contributed by atoms with van der Waals surface area (Å²) in [5.41, 5.74) is 5.51. The molecule has 1 rings (SSSR count). The zero-order chi connectivity index (χ0) is 12.0. The molecule has 1 unspecified atom stereocenters. The van der Waals surface area contributed by atoms with Crippen molar-refractivity contribution in [2.75, 3.05) is 20.8 Å². The van der Waals surface area contributed by atoms with Gasteiger partial charge in [0.1, 0.15) is 5.54 Å². The summed E-state index contributed by atoms with van der Waals surface area (Å²) < 4.78 is 5.02. The maximum Gasteiger partial charge on any atom is 0.242 e. The molecule has 1 atom stereocenters. The normalized spacial score (nSPS) is 14.4. The number of methoxy groups -OCH3 is 1. The van der Waals surface area contributed by atoms with Gasteiger partial charge in [-0.15, -0.1) is 0 Å². The molecular weight excluding hydrogens is 204 g/mol. The lowest BCUT2D eigenvalue weighted by molar-refractivity contribution is -0.125. The highest BCUT2D eigenvalue weighted by atomic mass is 16.5. The van der Waals surface area contributed by atoms with Crippen LogP contribution in [0.15, 0.2) is 30.3 Å². The lowest BCUT2D eigenvalue weighted by Crippen LogP contribution is -2.51. The molecular formula is C12H18N2O2. The van der Waals surface area contributed by atoms with Crippen molar-refractivity contribution in [1.29, 1.82) is 0 Å². The van der Waals surface area contributed by atoms with Crippen LogP contribution in [0.1, 0.15) is 12.0 Å². The van der Waals surface area contributed by atoms with Crippen LogP contribution in [0.2, 0.25) is 0 Å². The van der Waals surface area contributed by atoms with Crippen LogP contribution in [0.4, 0.5) is 0 Å². The van der Waals surface area contributed by atoms with Crippen LogP contribution >= 0.6 is 0 Å². The van der Waals surface area contributed by atoms with Crippen molar-refractivity contribution in [2.45, 2.75) is 12.0 Å². The van der Waals surface area contributed by atoms with E-state index in [0.717, 1.165) is 5.56 Å². The summed E-state index contributed by atoms with van der Waals surface area (Å²) in [6, 6.07) is 9.45. The van der Waals surface area contributed by atoms with Crippen LogP contribution in [-0.2, 0) is 15.1 Å². The number of ether oxygens (including phenoxy) is 1. The molecule has 4 heteroatoms. The third-order valence-corrected chi connectivity index (χ3v) is 2.80. The standard InChI is InChI=1S/C12H18N2O2/c1-14-12(11(13)15,8-9-16-2)10-6-4-3-5-7-10/h3-7,14H,8-9H2,1-2H3,(H2,13,15). The van der Waals surface area contributed by atoms with Crippen LogP contribution in [-0.4, -0.2) is 26.7 Å². The smallest absolute Gasteiger partial charge is 0.242 e. The highest BCUT2D eigenvalue weighted by Crippen LogP contribution is 2.24. The molecule has 0 bridgehead atoms. The van der Waals surface area contributed by atoms with Gasteiger partial charge < -0.3 is 15.8 Å². The van der Waals surface area contributed by atoms with E-state index in [9.17, 15) is 4.79 Å². The molecule has 0 radical (unpaired) electrons. The number of carbonyl (C=O) groups is 1. The number of likely N-dealkylation sites (N-methyl/N-ethyl adjacent to an activating group) is 1. The van der Waals surface area contributed by atoms with Gasteiger partial charge in [-0.1, -0.05) is 30.3 Å². The monoisotopic (exact) mass is 222 g/mol. The van der Waals surface area contributed by atoms with E-state index in [-0.39, 0.29) is 0 Å². The summed E-state index contributed by atoms with van der Waals surface area (Å²) in [7, 11) is 3.33. The van der Waals surface area contributed by atoms with Gasteiger partial charge in [0.15, 0.2) is 0 Å². The minimum atomic E-state index is -0.850. The number of hydrogen-bond acceptors (Lipinski definition) is 3. The predicted molar refractivity (Wildman–Crippen MR) is 62.9 cm³/mol. The molecule has 1 aromatic rings. The molecule has 1 aromatic carbocycles. The number of benzene rings is 1. The van der Waals surface area contributed by atoms with Crippen LogP contribution in [0, 0.1) is 0 Å². The van der Waals surface area contributed by atoms with Crippen molar-refractivity contribution in [3.63, 3.8) is 0 Å². The van der Waals surface area contributed by atoms with Crippen molar-refractivity contribution in [3.8, 4) is 0 Å². The fourth-order valence-electron chi connectivity index (χ4n) is 1.78. The average molecular weight is 222 g/mol. The van der Waals surface area contributed by atoms with Gasteiger partial charge in [-0.2, -0.15) is 0 Å². The van der Waals surface area contributed by atoms with Crippen molar-refractivity contribution >= 4 is 5.91 Å². The van der Waals surface area contributed by atoms with Crippen LogP contribution < -0.4 is 11.1 Å². The summed E-state index contributed by atoms with van der Waals surface area (Å²) >= 11 is 0. The van der Waals surface area contributed by atoms with Gasteiger partial charge in [-0.25, -0.2) is 0 Å². The first-order chi connectivity index (χ1) is 7.67. The second kappa shape index (κ2) is 5.63. The minimum Gasteiger partial charge on any atom is -0.385 e. The first-order valence-corrected chi connectivity index (χ1v) is 5.20. The quantitative estimate of drug-likeness (QED) is 0.741. The van der Waals surface area contributed by atoms with E-state index in [1.807, 2.05) is 30.3 Å². The third kappa shape index (κ3) is 2.40. The zero-order valence-corrected chi connectivity index (χ0v) is 9.69.